The van der Waals surface area contributed by atoms with Crippen LogP contribution >= 0.6 is 0 Å². The lowest BCUT2D eigenvalue weighted by Gasteiger charge is -2.27. The Morgan fingerprint density at radius 1 is 1.26 bits per heavy atom. The van der Waals surface area contributed by atoms with Crippen LogP contribution in [0.2, 0.25) is 0 Å². The molecule has 0 saturated carbocycles. The fourth-order valence-corrected chi connectivity index (χ4v) is 2.38. The van der Waals surface area contributed by atoms with Crippen molar-refractivity contribution < 1.29 is 13.9 Å². The topological polar surface area (TPSA) is 67.4 Å². The number of morpholine rings is 1. The zero-order valence-corrected chi connectivity index (χ0v) is 12.5. The molecular weight excluding hydrogens is 299 g/mol. The molecule has 1 fully saturated rings. The first kappa shape index (κ1) is 15.4. The highest BCUT2D eigenvalue weighted by atomic mass is 19.1. The van der Waals surface area contributed by atoms with Gasteiger partial charge in [-0.05, 0) is 11.6 Å². The zero-order chi connectivity index (χ0) is 16.1. The molecule has 0 radical (unpaired) electrons. The van der Waals surface area contributed by atoms with E-state index in [1.165, 1.54) is 12.4 Å². The van der Waals surface area contributed by atoms with Crippen molar-refractivity contribution in [2.75, 3.05) is 36.5 Å². The van der Waals surface area contributed by atoms with Crippen LogP contribution in [-0.2, 0) is 16.0 Å². The fraction of sp³-hybridized carbons (Fsp3) is 0.312. The number of benzene rings is 1. The molecule has 3 rings (SSSR count). The second-order valence-electron chi connectivity index (χ2n) is 5.18. The second kappa shape index (κ2) is 7.15. The minimum absolute atomic E-state index is 0.0381. The molecule has 0 aliphatic carbocycles. The fourth-order valence-electron chi connectivity index (χ4n) is 2.38. The van der Waals surface area contributed by atoms with E-state index >= 15 is 0 Å². The highest BCUT2D eigenvalue weighted by Crippen LogP contribution is 2.16. The van der Waals surface area contributed by atoms with E-state index in [1.807, 2.05) is 0 Å². The lowest BCUT2D eigenvalue weighted by molar-refractivity contribution is -0.115. The van der Waals surface area contributed by atoms with Gasteiger partial charge in [0.1, 0.15) is 23.8 Å². The third kappa shape index (κ3) is 4.01. The number of carbonyl (C=O) groups excluding carboxylic acids is 1. The number of halogens is 1. The summed E-state index contributed by atoms with van der Waals surface area (Å²) in [6, 6.07) is 7.94. The average Bonchev–Trinajstić information content (AvgIpc) is 2.58. The van der Waals surface area contributed by atoms with Crippen LogP contribution in [0.4, 0.5) is 16.0 Å². The van der Waals surface area contributed by atoms with E-state index in [0.29, 0.717) is 24.6 Å². The quantitative estimate of drug-likeness (QED) is 0.929. The highest BCUT2D eigenvalue weighted by molar-refractivity contribution is 5.91. The van der Waals surface area contributed by atoms with Gasteiger partial charge in [0.2, 0.25) is 5.91 Å². The summed E-state index contributed by atoms with van der Waals surface area (Å²) in [5.74, 6) is 0.438. The summed E-state index contributed by atoms with van der Waals surface area (Å²) < 4.78 is 18.9. The molecule has 23 heavy (non-hydrogen) atoms. The monoisotopic (exact) mass is 316 g/mol. The molecule has 2 heterocycles. The number of ether oxygens (including phenoxy) is 1. The van der Waals surface area contributed by atoms with Crippen LogP contribution in [-0.4, -0.2) is 42.2 Å². The van der Waals surface area contributed by atoms with E-state index in [2.05, 4.69) is 20.2 Å². The van der Waals surface area contributed by atoms with Gasteiger partial charge in [0.05, 0.1) is 19.6 Å². The third-order valence-electron chi connectivity index (χ3n) is 3.56. The van der Waals surface area contributed by atoms with Crippen LogP contribution in [0.25, 0.3) is 0 Å². The van der Waals surface area contributed by atoms with E-state index in [0.717, 1.165) is 18.9 Å². The third-order valence-corrected chi connectivity index (χ3v) is 3.56. The largest absolute Gasteiger partial charge is 0.378 e. The van der Waals surface area contributed by atoms with Crippen molar-refractivity contribution in [2.24, 2.45) is 0 Å². The molecule has 1 aliphatic rings. The molecule has 1 amide bonds. The Kier molecular flexibility index (Phi) is 4.77. The molecule has 0 atom stereocenters. The van der Waals surface area contributed by atoms with Crippen molar-refractivity contribution in [1.29, 1.82) is 0 Å². The normalized spacial score (nSPS) is 14.6. The molecule has 0 spiro atoms. The SMILES string of the molecule is O=C(Cc1ccccc1F)Nc1cc(N2CCOCC2)ncn1. The van der Waals surface area contributed by atoms with Crippen LogP contribution in [0.15, 0.2) is 36.7 Å². The molecule has 0 unspecified atom stereocenters. The number of carbonyl (C=O) groups is 1. The Morgan fingerprint density at radius 3 is 2.83 bits per heavy atom. The molecule has 120 valence electrons. The molecule has 1 N–H and O–H groups in total. The number of amides is 1. The minimum Gasteiger partial charge on any atom is -0.378 e. The van der Waals surface area contributed by atoms with Crippen molar-refractivity contribution >= 4 is 17.5 Å². The van der Waals surface area contributed by atoms with Crippen LogP contribution in [0.3, 0.4) is 0 Å². The van der Waals surface area contributed by atoms with Crippen LogP contribution in [0.1, 0.15) is 5.56 Å². The van der Waals surface area contributed by atoms with Gasteiger partial charge in [0.15, 0.2) is 0 Å². The van der Waals surface area contributed by atoms with Crippen LogP contribution in [0.5, 0.6) is 0 Å². The average molecular weight is 316 g/mol. The zero-order valence-electron chi connectivity index (χ0n) is 12.5. The first-order valence-electron chi connectivity index (χ1n) is 7.40. The summed E-state index contributed by atoms with van der Waals surface area (Å²) in [5, 5.41) is 2.68. The van der Waals surface area contributed by atoms with E-state index in [-0.39, 0.29) is 18.1 Å². The lowest BCUT2D eigenvalue weighted by Crippen LogP contribution is -2.36. The van der Waals surface area contributed by atoms with E-state index in [4.69, 9.17) is 4.74 Å². The van der Waals surface area contributed by atoms with Crippen LogP contribution in [0, 0.1) is 5.82 Å². The Balaban J connectivity index is 1.65. The van der Waals surface area contributed by atoms with E-state index in [9.17, 15) is 9.18 Å². The van der Waals surface area contributed by atoms with Gasteiger partial charge in [-0.25, -0.2) is 14.4 Å². The van der Waals surface area contributed by atoms with Crippen molar-refractivity contribution in [3.63, 3.8) is 0 Å². The van der Waals surface area contributed by atoms with Crippen molar-refractivity contribution in [3.05, 3.63) is 48.0 Å². The summed E-state index contributed by atoms with van der Waals surface area (Å²) in [6.07, 6.45) is 1.37. The summed E-state index contributed by atoms with van der Waals surface area (Å²) in [7, 11) is 0. The van der Waals surface area contributed by atoms with Gasteiger partial charge in [0, 0.05) is 19.2 Å². The number of rotatable bonds is 4. The minimum atomic E-state index is -0.389. The van der Waals surface area contributed by atoms with Gasteiger partial charge in [0.25, 0.3) is 0 Å². The van der Waals surface area contributed by atoms with Crippen molar-refractivity contribution in [2.45, 2.75) is 6.42 Å². The summed E-state index contributed by atoms with van der Waals surface area (Å²) in [4.78, 5) is 22.4. The van der Waals surface area contributed by atoms with Gasteiger partial charge in [-0.2, -0.15) is 0 Å². The molecule has 6 nitrogen and oxygen atoms in total. The molecule has 1 aromatic carbocycles. The smallest absolute Gasteiger partial charge is 0.230 e. The lowest BCUT2D eigenvalue weighted by atomic mass is 10.1. The Bertz CT molecular complexity index is 689. The first-order chi connectivity index (χ1) is 11.2. The Labute approximate surface area is 133 Å². The maximum absolute atomic E-state index is 13.6. The van der Waals surface area contributed by atoms with Gasteiger partial charge in [-0.3, -0.25) is 4.79 Å². The molecule has 1 aliphatic heterocycles. The van der Waals surface area contributed by atoms with E-state index < -0.39 is 0 Å². The number of nitrogens with zero attached hydrogens (tertiary/aromatic N) is 3. The predicted molar refractivity (Wildman–Crippen MR) is 83.8 cm³/mol. The maximum Gasteiger partial charge on any atom is 0.230 e. The van der Waals surface area contributed by atoms with Gasteiger partial charge in [-0.15, -0.1) is 0 Å². The summed E-state index contributed by atoms with van der Waals surface area (Å²) in [5.41, 5.74) is 0.354. The first-order valence-corrected chi connectivity index (χ1v) is 7.40. The van der Waals surface area contributed by atoms with Gasteiger partial charge in [-0.1, -0.05) is 18.2 Å². The second-order valence-corrected chi connectivity index (χ2v) is 5.18. The highest BCUT2D eigenvalue weighted by Gasteiger charge is 2.14. The number of nitrogens with one attached hydrogen (secondary N) is 1. The predicted octanol–water partition coefficient (Wildman–Crippen LogP) is 1.63. The molecule has 0 bridgehead atoms. The van der Waals surface area contributed by atoms with Crippen molar-refractivity contribution in [1.82, 2.24) is 9.97 Å². The number of hydrogen-bond acceptors (Lipinski definition) is 5. The summed E-state index contributed by atoms with van der Waals surface area (Å²) >= 11 is 0. The molecule has 7 heteroatoms. The van der Waals surface area contributed by atoms with E-state index in [1.54, 1.807) is 24.3 Å². The molecular formula is C16H17FN4O2. The summed E-state index contributed by atoms with van der Waals surface area (Å²) in [6.45, 7) is 2.80. The molecule has 1 saturated heterocycles. The van der Waals surface area contributed by atoms with Crippen molar-refractivity contribution in [3.8, 4) is 0 Å². The number of aromatic nitrogens is 2. The van der Waals surface area contributed by atoms with Crippen LogP contribution < -0.4 is 10.2 Å². The number of anilines is 2. The van der Waals surface area contributed by atoms with Gasteiger partial charge < -0.3 is 15.0 Å². The maximum atomic E-state index is 13.6. The van der Waals surface area contributed by atoms with Gasteiger partial charge >= 0.3 is 0 Å². The Hall–Kier alpha value is -2.54. The Morgan fingerprint density at radius 2 is 2.04 bits per heavy atom. The molecule has 2 aromatic rings. The molecule has 1 aromatic heterocycles. The standard InChI is InChI=1S/C16H17FN4O2/c17-13-4-2-1-3-12(13)9-16(22)20-14-10-15(19-11-18-14)21-5-7-23-8-6-21/h1-4,10-11H,5-9H2,(H,18,19,20,22). The number of hydrogen-bond donors (Lipinski definition) is 1.